The van der Waals surface area contributed by atoms with E-state index in [1.807, 2.05) is 40.8 Å². The number of nitrogens with one attached hydrogen (secondary N) is 1. The van der Waals surface area contributed by atoms with Crippen LogP contribution in [0.25, 0.3) is 0 Å². The van der Waals surface area contributed by atoms with E-state index in [-0.39, 0.29) is 22.8 Å². The highest BCUT2D eigenvalue weighted by Gasteiger charge is 2.42. The predicted octanol–water partition coefficient (Wildman–Crippen LogP) is 3.94. The topological polar surface area (TPSA) is 64.6 Å². The molecule has 1 unspecified atom stereocenters. The van der Waals surface area contributed by atoms with Gasteiger partial charge in [0, 0.05) is 0 Å². The lowest BCUT2D eigenvalue weighted by Gasteiger charge is -2.37. The molecular weight excluding hydrogens is 298 g/mol. The molecule has 0 fully saturated rings. The summed E-state index contributed by atoms with van der Waals surface area (Å²) in [5, 5.41) is 2.57. The third-order valence-corrected chi connectivity index (χ3v) is 8.23. The first-order valence-corrected chi connectivity index (χ1v) is 10.8. The molecule has 5 nitrogen and oxygen atoms in total. The Hall–Kier alpha value is -1.04. The van der Waals surface area contributed by atoms with E-state index in [9.17, 15) is 9.59 Å². The van der Waals surface area contributed by atoms with E-state index < -0.39 is 20.5 Å². The maximum Gasteiger partial charge on any atom is 0.407 e. The first-order valence-electron chi connectivity index (χ1n) is 7.94. The van der Waals surface area contributed by atoms with Crippen LogP contribution in [0.1, 0.15) is 48.5 Å². The van der Waals surface area contributed by atoms with E-state index in [0.29, 0.717) is 6.61 Å². The maximum atomic E-state index is 12.5. The average molecular weight is 332 g/mol. The Kier molecular flexibility index (Phi) is 7.61. The zero-order valence-corrected chi connectivity index (χ0v) is 16.6. The molecule has 0 saturated carbocycles. The number of hydrogen-bond donors (Lipinski definition) is 1. The largest absolute Gasteiger partial charge is 0.518 e. The van der Waals surface area contributed by atoms with Gasteiger partial charge in [0.2, 0.25) is 0 Å². The van der Waals surface area contributed by atoms with Crippen LogP contribution in [-0.2, 0) is 14.0 Å². The van der Waals surface area contributed by atoms with Crippen molar-refractivity contribution in [2.24, 2.45) is 11.8 Å². The first-order chi connectivity index (χ1) is 9.78. The van der Waals surface area contributed by atoms with Crippen LogP contribution in [0.3, 0.4) is 0 Å². The number of rotatable bonds is 6. The summed E-state index contributed by atoms with van der Waals surface area (Å²) < 4.78 is 10.9. The van der Waals surface area contributed by atoms with Crippen LogP contribution in [0.4, 0.5) is 4.79 Å². The smallest absolute Gasteiger partial charge is 0.407 e. The lowest BCUT2D eigenvalue weighted by molar-refractivity contribution is -0.138. The van der Waals surface area contributed by atoms with Crippen LogP contribution in [0, 0.1) is 11.8 Å². The Labute approximate surface area is 136 Å². The van der Waals surface area contributed by atoms with Gasteiger partial charge in [0.05, 0.1) is 6.61 Å². The summed E-state index contributed by atoms with van der Waals surface area (Å²) in [4.78, 5) is 24.3. The van der Waals surface area contributed by atoms with E-state index >= 15 is 0 Å². The zero-order valence-electron chi connectivity index (χ0n) is 15.6. The van der Waals surface area contributed by atoms with Crippen molar-refractivity contribution < 1.29 is 18.8 Å². The van der Waals surface area contributed by atoms with Crippen molar-refractivity contribution in [3.05, 3.63) is 0 Å². The number of amides is 1. The highest BCUT2D eigenvalue weighted by molar-refractivity contribution is 6.75. The van der Waals surface area contributed by atoms with E-state index in [1.165, 1.54) is 0 Å². The average Bonchev–Trinajstić information content (AvgIpc) is 2.30. The van der Waals surface area contributed by atoms with E-state index in [1.54, 1.807) is 0 Å². The van der Waals surface area contributed by atoms with Crippen molar-refractivity contribution in [1.82, 2.24) is 5.32 Å². The molecule has 1 amide bonds. The van der Waals surface area contributed by atoms with Gasteiger partial charge in [0.15, 0.2) is 0 Å². The van der Waals surface area contributed by atoms with Crippen LogP contribution in [-0.4, -0.2) is 33.0 Å². The van der Waals surface area contributed by atoms with Crippen LogP contribution >= 0.6 is 0 Å². The highest BCUT2D eigenvalue weighted by atomic mass is 28.4. The molecule has 0 rings (SSSR count). The summed E-state index contributed by atoms with van der Waals surface area (Å²) in [7, 11) is -2.21. The molecule has 6 heteroatoms. The molecule has 0 aliphatic heterocycles. The molecule has 1 atom stereocenters. The van der Waals surface area contributed by atoms with Crippen molar-refractivity contribution >= 4 is 20.4 Å². The summed E-state index contributed by atoms with van der Waals surface area (Å²) in [6.07, 6.45) is -0.570. The van der Waals surface area contributed by atoms with Crippen molar-refractivity contribution in [3.8, 4) is 0 Å². The van der Waals surface area contributed by atoms with Gasteiger partial charge < -0.3 is 14.5 Å². The van der Waals surface area contributed by atoms with E-state index in [2.05, 4.69) is 26.1 Å². The number of hydrogen-bond acceptors (Lipinski definition) is 4. The van der Waals surface area contributed by atoms with Crippen LogP contribution < -0.4 is 5.32 Å². The quantitative estimate of drug-likeness (QED) is 0.749. The number of ether oxygens (including phenoxy) is 1. The molecule has 0 radical (unpaired) electrons. The Bertz CT molecular complexity index is 386. The number of carbonyl (C=O) groups excluding carboxylic acids is 2. The fourth-order valence-electron chi connectivity index (χ4n) is 1.38. The third-order valence-electron chi connectivity index (χ3n) is 3.90. The second kappa shape index (κ2) is 7.99. The van der Waals surface area contributed by atoms with Gasteiger partial charge in [0.25, 0.3) is 8.32 Å². The summed E-state index contributed by atoms with van der Waals surface area (Å²) in [6, 6.07) is -0.686. The van der Waals surface area contributed by atoms with Gasteiger partial charge in [-0.05, 0) is 30.0 Å². The molecular formula is C16H33NO4Si. The molecule has 0 aliphatic rings. The molecule has 0 spiro atoms. The zero-order chi connectivity index (χ0) is 17.7. The molecule has 0 aromatic carbocycles. The molecule has 0 aromatic heterocycles. The van der Waals surface area contributed by atoms with Gasteiger partial charge in [-0.15, -0.1) is 0 Å². The lowest BCUT2D eigenvalue weighted by Crippen LogP contribution is -2.51. The molecule has 130 valence electrons. The van der Waals surface area contributed by atoms with E-state index in [4.69, 9.17) is 9.16 Å². The lowest BCUT2D eigenvalue weighted by atomic mass is 10.1. The third kappa shape index (κ3) is 6.81. The van der Waals surface area contributed by atoms with Gasteiger partial charge in [-0.3, -0.25) is 4.79 Å². The van der Waals surface area contributed by atoms with Gasteiger partial charge in [-0.25, -0.2) is 4.79 Å². The minimum Gasteiger partial charge on any atom is -0.518 e. The molecule has 0 heterocycles. The normalized spacial score (nSPS) is 14.0. The molecule has 22 heavy (non-hydrogen) atoms. The van der Waals surface area contributed by atoms with Crippen molar-refractivity contribution in [1.29, 1.82) is 0 Å². The summed E-state index contributed by atoms with van der Waals surface area (Å²) in [5.41, 5.74) is 0. The van der Waals surface area contributed by atoms with Crippen LogP contribution in [0.5, 0.6) is 0 Å². The van der Waals surface area contributed by atoms with Gasteiger partial charge >= 0.3 is 12.1 Å². The molecule has 0 aromatic rings. The van der Waals surface area contributed by atoms with Gasteiger partial charge in [-0.1, -0.05) is 48.5 Å². The number of carbonyl (C=O) groups is 2. The standard InChI is InChI=1S/C16H33NO4Si/c1-11(2)10-20-15(19)17-13(12(3)4)14(18)21-22(8,9)16(5,6)7/h11-13H,10H2,1-9H3,(H,17,19). The fraction of sp³-hybridized carbons (Fsp3) is 0.875. The van der Waals surface area contributed by atoms with Crippen LogP contribution in [0.15, 0.2) is 0 Å². The minimum absolute atomic E-state index is 0.0659. The Morgan fingerprint density at radius 3 is 1.95 bits per heavy atom. The second-order valence-corrected chi connectivity index (χ2v) is 12.8. The molecule has 0 aliphatic carbocycles. The monoisotopic (exact) mass is 331 g/mol. The molecule has 1 N–H and O–H groups in total. The summed E-state index contributed by atoms with van der Waals surface area (Å²) in [5.74, 6) is -0.186. The summed E-state index contributed by atoms with van der Waals surface area (Å²) in [6.45, 7) is 18.2. The van der Waals surface area contributed by atoms with Crippen LogP contribution in [0.2, 0.25) is 18.1 Å². The van der Waals surface area contributed by atoms with Crippen molar-refractivity contribution in [2.45, 2.75) is 72.6 Å². The Morgan fingerprint density at radius 1 is 1.09 bits per heavy atom. The van der Waals surface area contributed by atoms with Gasteiger partial charge in [0.1, 0.15) is 6.04 Å². The Morgan fingerprint density at radius 2 is 1.59 bits per heavy atom. The SMILES string of the molecule is CC(C)COC(=O)NC(C(=O)O[Si](C)(C)C(C)(C)C)C(C)C. The first kappa shape index (κ1) is 21.0. The summed E-state index contributed by atoms with van der Waals surface area (Å²) >= 11 is 0. The maximum absolute atomic E-state index is 12.5. The highest BCUT2D eigenvalue weighted by Crippen LogP contribution is 2.36. The minimum atomic E-state index is -2.21. The van der Waals surface area contributed by atoms with E-state index in [0.717, 1.165) is 0 Å². The molecule has 0 bridgehead atoms. The van der Waals surface area contributed by atoms with Crippen molar-refractivity contribution in [2.75, 3.05) is 6.61 Å². The van der Waals surface area contributed by atoms with Gasteiger partial charge in [-0.2, -0.15) is 0 Å². The molecule has 0 saturated heterocycles. The number of alkyl carbamates (subject to hydrolysis) is 1. The fourth-order valence-corrected chi connectivity index (χ4v) is 2.31. The second-order valence-electron chi connectivity index (χ2n) is 8.04. The van der Waals surface area contributed by atoms with Crippen molar-refractivity contribution in [3.63, 3.8) is 0 Å². The Balaban J connectivity index is 4.83. The predicted molar refractivity (Wildman–Crippen MR) is 91.2 cm³/mol.